The number of nitrogens with zero attached hydrogens (tertiary/aromatic N) is 1. The van der Waals surface area contributed by atoms with Crippen LogP contribution in [0.3, 0.4) is 0 Å². The van der Waals surface area contributed by atoms with Crippen LogP contribution in [0.5, 0.6) is 0 Å². The third kappa shape index (κ3) is 5.18. The van der Waals surface area contributed by atoms with Crippen LogP contribution in [-0.2, 0) is 17.0 Å². The molecule has 6 nitrogen and oxygen atoms in total. The number of para-hydroxylation sites is 3. The van der Waals surface area contributed by atoms with Crippen molar-refractivity contribution in [2.45, 2.75) is 24.3 Å². The van der Waals surface area contributed by atoms with Crippen LogP contribution in [0.25, 0.3) is 11.0 Å². The lowest BCUT2D eigenvalue weighted by Gasteiger charge is -2.12. The highest BCUT2D eigenvalue weighted by Gasteiger charge is 2.14. The fourth-order valence-electron chi connectivity index (χ4n) is 3.41. The summed E-state index contributed by atoms with van der Waals surface area (Å²) in [6.45, 7) is 1.94. The van der Waals surface area contributed by atoms with Gasteiger partial charge in [-0.3, -0.25) is 9.59 Å². The Balaban J connectivity index is 1.37. The number of fused-ring (bicyclic) bond motifs is 1. The van der Waals surface area contributed by atoms with Crippen LogP contribution >= 0.6 is 11.8 Å². The summed E-state index contributed by atoms with van der Waals surface area (Å²) in [4.78, 5) is 33.0. The number of carbonyl (C=O) groups is 2. The summed E-state index contributed by atoms with van der Waals surface area (Å²) in [7, 11) is 0. The molecule has 0 aliphatic rings. The molecule has 3 N–H and O–H groups in total. The molecule has 3 aromatic carbocycles. The van der Waals surface area contributed by atoms with Crippen LogP contribution in [-0.4, -0.2) is 28.3 Å². The van der Waals surface area contributed by atoms with Gasteiger partial charge in [-0.15, -0.1) is 0 Å². The van der Waals surface area contributed by atoms with E-state index in [2.05, 4.69) is 20.6 Å². The lowest BCUT2D eigenvalue weighted by atomic mass is 10.1. The van der Waals surface area contributed by atoms with Gasteiger partial charge in [0, 0.05) is 17.0 Å². The summed E-state index contributed by atoms with van der Waals surface area (Å²) in [6, 6.07) is 22.9. The predicted molar refractivity (Wildman–Crippen MR) is 129 cm³/mol. The van der Waals surface area contributed by atoms with Crippen LogP contribution in [0.1, 0.15) is 28.4 Å². The number of benzene rings is 3. The van der Waals surface area contributed by atoms with Crippen molar-refractivity contribution in [2.24, 2.45) is 0 Å². The van der Waals surface area contributed by atoms with E-state index >= 15 is 0 Å². The Morgan fingerprint density at radius 3 is 2.47 bits per heavy atom. The third-order valence-electron chi connectivity index (χ3n) is 5.08. The molecular formula is C25H24N4O2S. The number of thioether (sulfide) groups is 1. The Morgan fingerprint density at radius 2 is 1.66 bits per heavy atom. The zero-order valence-electron chi connectivity index (χ0n) is 17.7. The highest BCUT2D eigenvalue weighted by molar-refractivity contribution is 7.98. The van der Waals surface area contributed by atoms with Crippen molar-refractivity contribution in [3.05, 3.63) is 89.5 Å². The van der Waals surface area contributed by atoms with Gasteiger partial charge in [0.1, 0.15) is 0 Å². The van der Waals surface area contributed by atoms with E-state index < -0.39 is 0 Å². The van der Waals surface area contributed by atoms with Crippen molar-refractivity contribution in [2.75, 3.05) is 11.9 Å². The van der Waals surface area contributed by atoms with E-state index in [1.54, 1.807) is 6.07 Å². The molecule has 0 aliphatic carbocycles. The fraction of sp³-hybridized carbons (Fsp3) is 0.160. The molecule has 1 heterocycles. The molecule has 0 bridgehead atoms. The Labute approximate surface area is 190 Å². The van der Waals surface area contributed by atoms with Gasteiger partial charge in [-0.05, 0) is 41.8 Å². The monoisotopic (exact) mass is 444 g/mol. The Kier molecular flexibility index (Phi) is 6.87. The van der Waals surface area contributed by atoms with Crippen molar-refractivity contribution in [3.63, 3.8) is 0 Å². The predicted octanol–water partition coefficient (Wildman–Crippen LogP) is 4.79. The van der Waals surface area contributed by atoms with Crippen molar-refractivity contribution in [1.82, 2.24) is 15.3 Å². The van der Waals surface area contributed by atoms with E-state index in [4.69, 9.17) is 0 Å². The number of hydrogen-bond donors (Lipinski definition) is 3. The van der Waals surface area contributed by atoms with E-state index in [1.807, 2.05) is 73.7 Å². The summed E-state index contributed by atoms with van der Waals surface area (Å²) < 4.78 is 0. The number of aromatic amines is 1. The number of anilines is 1. The number of hydrogen-bond acceptors (Lipinski definition) is 4. The number of aromatic nitrogens is 2. The molecule has 4 rings (SSSR count). The van der Waals surface area contributed by atoms with E-state index in [0.29, 0.717) is 11.3 Å². The lowest BCUT2D eigenvalue weighted by Crippen LogP contribution is -2.33. The number of carbonyl (C=O) groups excluding carboxylic acids is 2. The van der Waals surface area contributed by atoms with Gasteiger partial charge in [0.15, 0.2) is 5.16 Å². The van der Waals surface area contributed by atoms with Crippen LogP contribution in [0.4, 0.5) is 5.69 Å². The molecule has 0 saturated heterocycles. The Bertz CT molecular complexity index is 1220. The number of aryl methyl sites for hydroxylation is 1. The average Bonchev–Trinajstić information content (AvgIpc) is 3.25. The molecule has 162 valence electrons. The summed E-state index contributed by atoms with van der Waals surface area (Å²) >= 11 is 1.54. The van der Waals surface area contributed by atoms with Crippen molar-refractivity contribution < 1.29 is 9.59 Å². The van der Waals surface area contributed by atoms with Crippen molar-refractivity contribution >= 4 is 40.3 Å². The molecule has 7 heteroatoms. The molecule has 0 atom stereocenters. The summed E-state index contributed by atoms with van der Waals surface area (Å²) in [5.74, 6) is 0.0533. The standard InChI is InChI=1S/C25H24N4O2S/c1-2-17-9-4-6-12-20(17)27-23(30)15-26-24(31)19-11-5-3-10-18(19)16-32-25-28-21-13-7-8-14-22(21)29-25/h3-14H,2,15-16H2,1H3,(H,26,31)(H,27,30)(H,28,29). The minimum absolute atomic E-state index is 0.0953. The van der Waals surface area contributed by atoms with Crippen molar-refractivity contribution in [3.8, 4) is 0 Å². The number of nitrogens with one attached hydrogen (secondary N) is 3. The van der Waals surface area contributed by atoms with E-state index in [1.165, 1.54) is 11.8 Å². The smallest absolute Gasteiger partial charge is 0.252 e. The van der Waals surface area contributed by atoms with E-state index in [9.17, 15) is 9.59 Å². The molecule has 0 unspecified atom stereocenters. The van der Waals surface area contributed by atoms with Gasteiger partial charge in [-0.2, -0.15) is 0 Å². The summed E-state index contributed by atoms with van der Waals surface area (Å²) in [5, 5.41) is 6.41. The maximum Gasteiger partial charge on any atom is 0.252 e. The Morgan fingerprint density at radius 1 is 0.938 bits per heavy atom. The van der Waals surface area contributed by atoms with Crippen LogP contribution in [0, 0.1) is 0 Å². The van der Waals surface area contributed by atoms with Gasteiger partial charge < -0.3 is 15.6 Å². The first-order valence-corrected chi connectivity index (χ1v) is 11.4. The lowest BCUT2D eigenvalue weighted by molar-refractivity contribution is -0.115. The molecule has 0 radical (unpaired) electrons. The van der Waals surface area contributed by atoms with Crippen LogP contribution in [0.15, 0.2) is 78.0 Å². The number of amides is 2. The van der Waals surface area contributed by atoms with Gasteiger partial charge >= 0.3 is 0 Å². The fourth-order valence-corrected chi connectivity index (χ4v) is 4.30. The average molecular weight is 445 g/mol. The molecule has 1 aromatic heterocycles. The number of imidazole rings is 1. The first-order valence-electron chi connectivity index (χ1n) is 10.5. The topological polar surface area (TPSA) is 86.9 Å². The maximum atomic E-state index is 12.8. The minimum Gasteiger partial charge on any atom is -0.343 e. The van der Waals surface area contributed by atoms with E-state index in [0.717, 1.165) is 39.4 Å². The van der Waals surface area contributed by atoms with Gasteiger partial charge in [0.2, 0.25) is 5.91 Å². The zero-order chi connectivity index (χ0) is 22.3. The molecule has 32 heavy (non-hydrogen) atoms. The molecule has 2 amide bonds. The quantitative estimate of drug-likeness (QED) is 0.341. The summed E-state index contributed by atoms with van der Waals surface area (Å²) in [5.41, 5.74) is 5.16. The second-order valence-electron chi connectivity index (χ2n) is 7.25. The van der Waals surface area contributed by atoms with Gasteiger partial charge in [0.25, 0.3) is 5.91 Å². The molecule has 0 aliphatic heterocycles. The first kappa shape index (κ1) is 21.6. The largest absolute Gasteiger partial charge is 0.343 e. The molecule has 0 spiro atoms. The molecule has 0 fully saturated rings. The van der Waals surface area contributed by atoms with Gasteiger partial charge in [-0.25, -0.2) is 4.98 Å². The van der Waals surface area contributed by atoms with Crippen molar-refractivity contribution in [1.29, 1.82) is 0 Å². The first-order chi connectivity index (χ1) is 15.6. The van der Waals surface area contributed by atoms with Gasteiger partial charge in [0.05, 0.1) is 17.6 Å². The number of rotatable bonds is 8. The third-order valence-corrected chi connectivity index (χ3v) is 6.00. The minimum atomic E-state index is -0.273. The van der Waals surface area contributed by atoms with Crippen LogP contribution in [0.2, 0.25) is 0 Å². The van der Waals surface area contributed by atoms with Gasteiger partial charge in [-0.1, -0.05) is 67.2 Å². The normalized spacial score (nSPS) is 10.8. The highest BCUT2D eigenvalue weighted by Crippen LogP contribution is 2.24. The van der Waals surface area contributed by atoms with E-state index in [-0.39, 0.29) is 18.4 Å². The second kappa shape index (κ2) is 10.2. The SMILES string of the molecule is CCc1ccccc1NC(=O)CNC(=O)c1ccccc1CSc1nc2ccccc2[nH]1. The Hall–Kier alpha value is -3.58. The highest BCUT2D eigenvalue weighted by atomic mass is 32.2. The summed E-state index contributed by atoms with van der Waals surface area (Å²) in [6.07, 6.45) is 0.819. The maximum absolute atomic E-state index is 12.8. The second-order valence-corrected chi connectivity index (χ2v) is 8.21. The molecule has 0 saturated carbocycles. The molecular weight excluding hydrogens is 420 g/mol. The van der Waals surface area contributed by atoms with Crippen LogP contribution < -0.4 is 10.6 Å². The zero-order valence-corrected chi connectivity index (χ0v) is 18.5. The number of H-pyrrole nitrogens is 1. The molecule has 4 aromatic rings.